The second-order valence-corrected chi connectivity index (χ2v) is 7.92. The highest BCUT2D eigenvalue weighted by Gasteiger charge is 2.18. The summed E-state index contributed by atoms with van der Waals surface area (Å²) in [6, 6.07) is 9.95. The van der Waals surface area contributed by atoms with Gasteiger partial charge in [-0.05, 0) is 29.4 Å². The van der Waals surface area contributed by atoms with Crippen molar-refractivity contribution >= 4 is 38.9 Å². The van der Waals surface area contributed by atoms with Crippen molar-refractivity contribution in [3.8, 4) is 0 Å². The average molecular weight is 310 g/mol. The number of carbonyl (C=O) groups excluding carboxylic acids is 1. The molecule has 1 unspecified atom stereocenters. The summed E-state index contributed by atoms with van der Waals surface area (Å²) >= 11 is 7.78. The van der Waals surface area contributed by atoms with Crippen molar-refractivity contribution in [1.29, 1.82) is 0 Å². The summed E-state index contributed by atoms with van der Waals surface area (Å²) in [5.74, 6) is -0.0363. The molecule has 2 nitrogen and oxygen atoms in total. The third kappa shape index (κ3) is 4.22. The number of hydrogen-bond acceptors (Lipinski definition) is 2. The van der Waals surface area contributed by atoms with Gasteiger partial charge in [0, 0.05) is 11.2 Å². The van der Waals surface area contributed by atoms with Crippen LogP contribution in [-0.2, 0) is 0 Å². The van der Waals surface area contributed by atoms with Crippen molar-refractivity contribution in [1.82, 2.24) is 5.32 Å². The number of amides is 1. The SMILES string of the molecule is CC(C)(C)CC(Cl)CNC(=O)c1cc2ccccc2s1. The Morgan fingerprint density at radius 2 is 2.05 bits per heavy atom. The molecule has 20 heavy (non-hydrogen) atoms. The first-order valence-corrected chi connectivity index (χ1v) is 8.01. The molecule has 1 aromatic carbocycles. The van der Waals surface area contributed by atoms with Gasteiger partial charge < -0.3 is 5.32 Å². The van der Waals surface area contributed by atoms with Gasteiger partial charge in [0.2, 0.25) is 0 Å². The number of rotatable bonds is 4. The Morgan fingerprint density at radius 1 is 1.35 bits per heavy atom. The molecular weight excluding hydrogens is 290 g/mol. The molecule has 2 rings (SSSR count). The molecule has 0 bridgehead atoms. The molecule has 0 aliphatic rings. The van der Waals surface area contributed by atoms with Gasteiger partial charge in [0.25, 0.3) is 5.91 Å². The third-order valence-corrected chi connectivity index (χ3v) is 4.39. The van der Waals surface area contributed by atoms with Crippen LogP contribution in [0.25, 0.3) is 10.1 Å². The molecule has 0 saturated heterocycles. The Hall–Kier alpha value is -1.06. The van der Waals surface area contributed by atoms with Crippen LogP contribution in [0.2, 0.25) is 0 Å². The lowest BCUT2D eigenvalue weighted by Crippen LogP contribution is -2.31. The molecule has 1 N–H and O–H groups in total. The largest absolute Gasteiger partial charge is 0.350 e. The monoisotopic (exact) mass is 309 g/mol. The lowest BCUT2D eigenvalue weighted by molar-refractivity contribution is 0.0956. The number of hydrogen-bond donors (Lipinski definition) is 1. The Labute approximate surface area is 129 Å². The highest BCUT2D eigenvalue weighted by Crippen LogP contribution is 2.26. The summed E-state index contributed by atoms with van der Waals surface area (Å²) in [4.78, 5) is 12.9. The minimum atomic E-state index is -0.0363. The normalized spacial score (nSPS) is 13.4. The summed E-state index contributed by atoms with van der Waals surface area (Å²) in [5, 5.41) is 4.00. The first-order chi connectivity index (χ1) is 9.35. The summed E-state index contributed by atoms with van der Waals surface area (Å²) in [7, 11) is 0. The van der Waals surface area contributed by atoms with E-state index in [-0.39, 0.29) is 16.7 Å². The van der Waals surface area contributed by atoms with E-state index in [1.807, 2.05) is 30.3 Å². The maximum absolute atomic E-state index is 12.1. The average Bonchev–Trinajstić information content (AvgIpc) is 2.77. The molecule has 1 amide bonds. The summed E-state index contributed by atoms with van der Waals surface area (Å²) < 4.78 is 1.13. The van der Waals surface area contributed by atoms with Gasteiger partial charge in [-0.15, -0.1) is 22.9 Å². The van der Waals surface area contributed by atoms with Crippen LogP contribution in [0.4, 0.5) is 0 Å². The standard InChI is InChI=1S/C16H20ClNOS/c1-16(2,3)9-12(17)10-18-15(19)14-8-11-6-4-5-7-13(11)20-14/h4-8,12H,9-10H2,1-3H3,(H,18,19). The molecule has 1 atom stereocenters. The molecular formula is C16H20ClNOS. The van der Waals surface area contributed by atoms with E-state index in [9.17, 15) is 4.79 Å². The first kappa shape index (κ1) is 15.3. The lowest BCUT2D eigenvalue weighted by atomic mass is 9.90. The molecule has 0 aliphatic carbocycles. The van der Waals surface area contributed by atoms with Crippen molar-refractivity contribution in [2.24, 2.45) is 5.41 Å². The molecule has 1 heterocycles. The van der Waals surface area contributed by atoms with Gasteiger partial charge in [-0.3, -0.25) is 4.79 Å². The number of halogens is 1. The maximum atomic E-state index is 12.1. The van der Waals surface area contributed by atoms with Gasteiger partial charge in [0.05, 0.1) is 10.3 Å². The maximum Gasteiger partial charge on any atom is 0.261 e. The van der Waals surface area contributed by atoms with E-state index in [1.54, 1.807) is 0 Å². The molecule has 108 valence electrons. The molecule has 1 aromatic heterocycles. The number of fused-ring (bicyclic) bond motifs is 1. The smallest absolute Gasteiger partial charge is 0.261 e. The van der Waals surface area contributed by atoms with Crippen molar-refractivity contribution in [3.63, 3.8) is 0 Å². The molecule has 2 aromatic rings. The van der Waals surface area contributed by atoms with Crippen LogP contribution < -0.4 is 5.32 Å². The van der Waals surface area contributed by atoms with Crippen molar-refractivity contribution < 1.29 is 4.79 Å². The van der Waals surface area contributed by atoms with Gasteiger partial charge in [0.1, 0.15) is 0 Å². The predicted molar refractivity (Wildman–Crippen MR) is 87.9 cm³/mol. The van der Waals surface area contributed by atoms with Crippen LogP contribution in [0.5, 0.6) is 0 Å². The second-order valence-electron chi connectivity index (χ2n) is 6.22. The molecule has 0 spiro atoms. The van der Waals surface area contributed by atoms with Crippen LogP contribution in [0.15, 0.2) is 30.3 Å². The lowest BCUT2D eigenvalue weighted by Gasteiger charge is -2.21. The van der Waals surface area contributed by atoms with Gasteiger partial charge >= 0.3 is 0 Å². The fourth-order valence-electron chi connectivity index (χ4n) is 2.12. The Balaban J connectivity index is 1.95. The Morgan fingerprint density at radius 3 is 2.70 bits per heavy atom. The highest BCUT2D eigenvalue weighted by atomic mass is 35.5. The molecule has 0 aliphatic heterocycles. The minimum absolute atomic E-state index is 0.0340. The van der Waals surface area contributed by atoms with Gasteiger partial charge in [-0.25, -0.2) is 0 Å². The van der Waals surface area contributed by atoms with Crippen LogP contribution in [0.1, 0.15) is 36.9 Å². The summed E-state index contributed by atoms with van der Waals surface area (Å²) in [6.07, 6.45) is 0.876. The van der Waals surface area contributed by atoms with Gasteiger partial charge in [-0.1, -0.05) is 39.0 Å². The van der Waals surface area contributed by atoms with Crippen LogP contribution in [0.3, 0.4) is 0 Å². The van der Waals surface area contributed by atoms with E-state index < -0.39 is 0 Å². The molecule has 0 radical (unpaired) electrons. The van der Waals surface area contributed by atoms with E-state index >= 15 is 0 Å². The van der Waals surface area contributed by atoms with E-state index in [0.717, 1.165) is 21.4 Å². The van der Waals surface area contributed by atoms with Crippen LogP contribution in [0, 0.1) is 5.41 Å². The fourth-order valence-corrected chi connectivity index (χ4v) is 3.64. The number of alkyl halides is 1. The Kier molecular flexibility index (Phi) is 4.71. The van der Waals surface area contributed by atoms with Gasteiger partial charge in [-0.2, -0.15) is 0 Å². The second kappa shape index (κ2) is 6.15. The summed E-state index contributed by atoms with van der Waals surface area (Å²) in [5.41, 5.74) is 0.175. The predicted octanol–water partition coefficient (Wildman–Crippen LogP) is 4.67. The number of carbonyl (C=O) groups is 1. The van der Waals surface area contributed by atoms with Crippen LogP contribution in [-0.4, -0.2) is 17.8 Å². The highest BCUT2D eigenvalue weighted by molar-refractivity contribution is 7.20. The van der Waals surface area contributed by atoms with E-state index in [2.05, 4.69) is 26.1 Å². The number of benzene rings is 1. The van der Waals surface area contributed by atoms with Gasteiger partial charge in [0.15, 0.2) is 0 Å². The fraction of sp³-hybridized carbons (Fsp3) is 0.438. The quantitative estimate of drug-likeness (QED) is 0.817. The molecule has 4 heteroatoms. The topological polar surface area (TPSA) is 29.1 Å². The van der Waals surface area contributed by atoms with Crippen molar-refractivity contribution in [2.75, 3.05) is 6.54 Å². The zero-order chi connectivity index (χ0) is 14.8. The zero-order valence-corrected chi connectivity index (χ0v) is 13.6. The van der Waals surface area contributed by atoms with E-state index in [1.165, 1.54) is 11.3 Å². The minimum Gasteiger partial charge on any atom is -0.350 e. The number of thiophene rings is 1. The molecule has 0 fully saturated rings. The first-order valence-electron chi connectivity index (χ1n) is 6.76. The van der Waals surface area contributed by atoms with E-state index in [0.29, 0.717) is 6.54 Å². The zero-order valence-electron chi connectivity index (χ0n) is 12.1. The summed E-state index contributed by atoms with van der Waals surface area (Å²) in [6.45, 7) is 6.95. The van der Waals surface area contributed by atoms with Crippen LogP contribution >= 0.6 is 22.9 Å². The Bertz CT molecular complexity index is 567. The molecule has 0 saturated carbocycles. The van der Waals surface area contributed by atoms with Crippen molar-refractivity contribution in [3.05, 3.63) is 35.2 Å². The third-order valence-electron chi connectivity index (χ3n) is 2.97. The van der Waals surface area contributed by atoms with E-state index in [4.69, 9.17) is 11.6 Å². The number of nitrogens with one attached hydrogen (secondary N) is 1. The van der Waals surface area contributed by atoms with Crippen molar-refractivity contribution in [2.45, 2.75) is 32.6 Å².